The van der Waals surface area contributed by atoms with Crippen molar-refractivity contribution in [1.29, 1.82) is 0 Å². The molecule has 94 valence electrons. The highest BCUT2D eigenvalue weighted by molar-refractivity contribution is 5.89. The van der Waals surface area contributed by atoms with Crippen LogP contribution in [0.2, 0.25) is 0 Å². The van der Waals surface area contributed by atoms with Gasteiger partial charge in [-0.1, -0.05) is 13.0 Å². The van der Waals surface area contributed by atoms with Crippen LogP contribution in [-0.4, -0.2) is 17.7 Å². The molecule has 0 aliphatic carbocycles. The average Bonchev–Trinajstić information content (AvgIpc) is 2.35. The lowest BCUT2D eigenvalue weighted by Crippen LogP contribution is -2.08. The summed E-state index contributed by atoms with van der Waals surface area (Å²) in [4.78, 5) is 22.7. The van der Waals surface area contributed by atoms with E-state index in [-0.39, 0.29) is 16.7 Å². The van der Waals surface area contributed by atoms with Crippen LogP contribution < -0.4 is 10.2 Å². The lowest BCUT2D eigenvalue weighted by molar-refractivity contribution is 0.0663. The minimum absolute atomic E-state index is 0.216. The van der Waals surface area contributed by atoms with Gasteiger partial charge in [0, 0.05) is 6.07 Å². The van der Waals surface area contributed by atoms with E-state index in [0.29, 0.717) is 12.4 Å². The molecule has 0 unspecified atom stereocenters. The number of carbonyl (C=O) groups is 1. The van der Waals surface area contributed by atoms with Gasteiger partial charge in [-0.15, -0.1) is 0 Å². The summed E-state index contributed by atoms with van der Waals surface area (Å²) in [5.41, 5.74) is -0.200. The fourth-order valence-corrected chi connectivity index (χ4v) is 1.62. The van der Waals surface area contributed by atoms with Gasteiger partial charge in [0.05, 0.1) is 6.61 Å². The molecule has 0 spiro atoms. The van der Waals surface area contributed by atoms with Crippen molar-refractivity contribution < 1.29 is 19.1 Å². The Morgan fingerprint density at radius 2 is 2.22 bits per heavy atom. The zero-order valence-corrected chi connectivity index (χ0v) is 9.80. The first kappa shape index (κ1) is 12.2. The minimum Gasteiger partial charge on any atom is -0.493 e. The molecule has 5 heteroatoms. The molecular formula is C13H12O5. The quantitative estimate of drug-likeness (QED) is 0.898. The highest BCUT2D eigenvalue weighted by Crippen LogP contribution is 2.23. The van der Waals surface area contributed by atoms with E-state index in [1.165, 1.54) is 0 Å². The van der Waals surface area contributed by atoms with Gasteiger partial charge < -0.3 is 14.3 Å². The molecule has 0 aliphatic rings. The van der Waals surface area contributed by atoms with E-state index in [0.717, 1.165) is 12.5 Å². The number of benzene rings is 1. The molecule has 1 aromatic heterocycles. The Morgan fingerprint density at radius 1 is 1.44 bits per heavy atom. The van der Waals surface area contributed by atoms with Gasteiger partial charge in [-0.3, -0.25) is 4.79 Å². The molecule has 0 bridgehead atoms. The second-order valence-corrected chi connectivity index (χ2v) is 3.76. The number of rotatable bonds is 4. The molecule has 1 aromatic carbocycles. The highest BCUT2D eigenvalue weighted by Gasteiger charge is 2.13. The summed E-state index contributed by atoms with van der Waals surface area (Å²) in [7, 11) is 0. The van der Waals surface area contributed by atoms with Gasteiger partial charge in [0.25, 0.3) is 0 Å². The van der Waals surface area contributed by atoms with Gasteiger partial charge >= 0.3 is 5.97 Å². The lowest BCUT2D eigenvalue weighted by atomic mass is 10.2. The summed E-state index contributed by atoms with van der Waals surface area (Å²) in [6, 6.07) is 5.82. The Labute approximate surface area is 103 Å². The number of ether oxygens (including phenoxy) is 1. The maximum Gasteiger partial charge on any atom is 0.371 e. The molecule has 0 fully saturated rings. The normalized spacial score (nSPS) is 10.5. The molecule has 1 N–H and O–H groups in total. The molecule has 0 saturated heterocycles. The van der Waals surface area contributed by atoms with Gasteiger partial charge in [-0.25, -0.2) is 4.79 Å². The van der Waals surface area contributed by atoms with Crippen LogP contribution in [0, 0.1) is 0 Å². The summed E-state index contributed by atoms with van der Waals surface area (Å²) in [5, 5.41) is 9.09. The zero-order chi connectivity index (χ0) is 13.1. The fraction of sp³-hybridized carbons (Fsp3) is 0.231. The Hall–Kier alpha value is -2.30. The van der Waals surface area contributed by atoms with Crippen LogP contribution >= 0.6 is 0 Å². The SMILES string of the molecule is CCCOc1cccc2oc(C(=O)O)cc(=O)c12. The molecule has 18 heavy (non-hydrogen) atoms. The van der Waals surface area contributed by atoms with Crippen LogP contribution in [0.3, 0.4) is 0 Å². The predicted octanol–water partition coefficient (Wildman–Crippen LogP) is 2.28. The number of carboxylic acid groups (broad SMARTS) is 1. The van der Waals surface area contributed by atoms with Crippen LogP contribution in [0.1, 0.15) is 23.9 Å². The summed E-state index contributed by atoms with van der Waals surface area (Å²) >= 11 is 0. The molecule has 1 heterocycles. The van der Waals surface area contributed by atoms with Crippen molar-refractivity contribution in [3.63, 3.8) is 0 Å². The summed E-state index contributed by atoms with van der Waals surface area (Å²) in [6.07, 6.45) is 0.814. The van der Waals surface area contributed by atoms with E-state index in [9.17, 15) is 9.59 Å². The number of aromatic carboxylic acids is 1. The number of fused-ring (bicyclic) bond motifs is 1. The second-order valence-electron chi connectivity index (χ2n) is 3.76. The van der Waals surface area contributed by atoms with E-state index in [1.807, 2.05) is 6.92 Å². The Balaban J connectivity index is 2.63. The van der Waals surface area contributed by atoms with E-state index < -0.39 is 11.4 Å². The van der Waals surface area contributed by atoms with Gasteiger partial charge in [0.2, 0.25) is 5.76 Å². The van der Waals surface area contributed by atoms with E-state index in [4.69, 9.17) is 14.3 Å². The van der Waals surface area contributed by atoms with Crippen molar-refractivity contribution >= 4 is 16.9 Å². The highest BCUT2D eigenvalue weighted by atomic mass is 16.5. The first-order valence-electron chi connectivity index (χ1n) is 5.56. The molecule has 5 nitrogen and oxygen atoms in total. The first-order valence-corrected chi connectivity index (χ1v) is 5.56. The third kappa shape index (κ3) is 2.20. The molecule has 0 atom stereocenters. The Kier molecular flexibility index (Phi) is 3.32. The molecule has 0 amide bonds. The number of hydrogen-bond donors (Lipinski definition) is 1. The smallest absolute Gasteiger partial charge is 0.371 e. The summed E-state index contributed by atoms with van der Waals surface area (Å²) in [6.45, 7) is 2.44. The Morgan fingerprint density at radius 3 is 2.89 bits per heavy atom. The maximum absolute atomic E-state index is 11.9. The number of carboxylic acids is 1. The fourth-order valence-electron chi connectivity index (χ4n) is 1.62. The van der Waals surface area contributed by atoms with Gasteiger partial charge in [0.15, 0.2) is 5.43 Å². The van der Waals surface area contributed by atoms with Crippen LogP contribution in [0.5, 0.6) is 5.75 Å². The third-order valence-electron chi connectivity index (χ3n) is 2.39. The Bertz CT molecular complexity index is 641. The molecule has 0 aliphatic heterocycles. The van der Waals surface area contributed by atoms with Crippen molar-refractivity contribution in [1.82, 2.24) is 0 Å². The third-order valence-corrected chi connectivity index (χ3v) is 2.39. The molecule has 0 saturated carbocycles. The molecular weight excluding hydrogens is 236 g/mol. The largest absolute Gasteiger partial charge is 0.493 e. The van der Waals surface area contributed by atoms with Crippen LogP contribution in [-0.2, 0) is 0 Å². The van der Waals surface area contributed by atoms with Crippen LogP contribution in [0.4, 0.5) is 0 Å². The van der Waals surface area contributed by atoms with Gasteiger partial charge in [-0.2, -0.15) is 0 Å². The van der Waals surface area contributed by atoms with Gasteiger partial charge in [0.1, 0.15) is 16.7 Å². The summed E-state index contributed by atoms with van der Waals surface area (Å²) < 4.78 is 10.6. The van der Waals surface area contributed by atoms with E-state index >= 15 is 0 Å². The van der Waals surface area contributed by atoms with Crippen molar-refractivity contribution in [2.45, 2.75) is 13.3 Å². The van der Waals surface area contributed by atoms with Gasteiger partial charge in [-0.05, 0) is 18.6 Å². The van der Waals surface area contributed by atoms with Crippen LogP contribution in [0.15, 0.2) is 33.5 Å². The van der Waals surface area contributed by atoms with Crippen molar-refractivity contribution in [2.75, 3.05) is 6.61 Å². The van der Waals surface area contributed by atoms with Crippen LogP contribution in [0.25, 0.3) is 11.0 Å². The average molecular weight is 248 g/mol. The number of hydrogen-bond acceptors (Lipinski definition) is 4. The molecule has 2 rings (SSSR count). The van der Waals surface area contributed by atoms with E-state index in [2.05, 4.69) is 0 Å². The molecule has 2 aromatic rings. The van der Waals surface area contributed by atoms with Crippen molar-refractivity contribution in [3.8, 4) is 5.75 Å². The lowest BCUT2D eigenvalue weighted by Gasteiger charge is -2.07. The maximum atomic E-state index is 11.9. The van der Waals surface area contributed by atoms with Crippen molar-refractivity contribution in [3.05, 3.63) is 40.2 Å². The summed E-state index contributed by atoms with van der Waals surface area (Å²) in [5.74, 6) is -1.23. The molecule has 0 radical (unpaired) electrons. The monoisotopic (exact) mass is 248 g/mol. The predicted molar refractivity (Wildman–Crippen MR) is 65.2 cm³/mol. The van der Waals surface area contributed by atoms with E-state index in [1.54, 1.807) is 18.2 Å². The topological polar surface area (TPSA) is 76.7 Å². The van der Waals surface area contributed by atoms with Crippen molar-refractivity contribution in [2.24, 2.45) is 0 Å². The second kappa shape index (κ2) is 4.91. The standard InChI is InChI=1S/C13H12O5/c1-2-6-17-9-4-3-5-10-12(9)8(14)7-11(18-10)13(15)16/h3-5,7H,2,6H2,1H3,(H,15,16). The zero-order valence-electron chi connectivity index (χ0n) is 9.80. The first-order chi connectivity index (χ1) is 8.63. The minimum atomic E-state index is -1.27.